The summed E-state index contributed by atoms with van der Waals surface area (Å²) in [5.41, 5.74) is 4.73. The molecule has 14 rings (SSSR count). The Labute approximate surface area is 335 Å². The van der Waals surface area contributed by atoms with Crippen LogP contribution in [0.15, 0.2) is 79.5 Å². The maximum absolute atomic E-state index is 7.81. The van der Waals surface area contributed by atoms with Crippen molar-refractivity contribution < 1.29 is 8.85 Å². The lowest BCUT2D eigenvalue weighted by atomic mass is 9.90. The Kier molecular flexibility index (Phi) is 6.63. The molecule has 0 saturated heterocycles. The lowest BCUT2D eigenvalue weighted by Crippen LogP contribution is -2.64. The van der Waals surface area contributed by atoms with E-state index < -0.39 is 8.88 Å². The summed E-state index contributed by atoms with van der Waals surface area (Å²) in [7, 11) is -4.32. The summed E-state index contributed by atoms with van der Waals surface area (Å²) in [6.07, 6.45) is 22.8. The molecule has 6 unspecified atom stereocenters. The van der Waals surface area contributed by atoms with Gasteiger partial charge in [0.25, 0.3) is 0 Å². The van der Waals surface area contributed by atoms with Crippen LogP contribution in [-0.4, -0.2) is 93.8 Å². The highest BCUT2D eigenvalue weighted by Crippen LogP contribution is 2.51. The van der Waals surface area contributed by atoms with Crippen molar-refractivity contribution in [3.8, 4) is 0 Å². The molecule has 0 amide bonds. The molecule has 4 aliphatic carbocycles. The summed E-state index contributed by atoms with van der Waals surface area (Å²) >= 11 is 0. The van der Waals surface area contributed by atoms with Crippen molar-refractivity contribution in [2.24, 2.45) is 65.5 Å². The number of rotatable bonds is 6. The van der Waals surface area contributed by atoms with Crippen LogP contribution >= 0.6 is 0 Å². The first-order valence-electron chi connectivity index (χ1n) is 20.6. The second-order valence-corrected chi connectivity index (χ2v) is 19.6. The van der Waals surface area contributed by atoms with Crippen LogP contribution in [0.5, 0.6) is 0 Å². The van der Waals surface area contributed by atoms with Crippen LogP contribution in [0, 0.1) is 35.5 Å². The third-order valence-corrected chi connectivity index (χ3v) is 17.0. The smallest absolute Gasteiger partial charge is 0.361 e. The summed E-state index contributed by atoms with van der Waals surface area (Å²) < 4.78 is 19.6. The van der Waals surface area contributed by atoms with Crippen molar-refractivity contribution in [2.45, 2.75) is 51.4 Å². The minimum atomic E-state index is -4.32. The van der Waals surface area contributed by atoms with Crippen LogP contribution < -0.4 is 11.0 Å². The van der Waals surface area contributed by atoms with E-state index in [1.54, 1.807) is 49.6 Å². The molecule has 4 saturated carbocycles. The number of aromatic nitrogens is 10. The van der Waals surface area contributed by atoms with Crippen molar-refractivity contribution in [3.05, 3.63) is 83.3 Å². The number of hydrogen-bond acceptors (Lipinski definition) is 16. The van der Waals surface area contributed by atoms with Gasteiger partial charge in [0.05, 0.1) is 0 Å². The van der Waals surface area contributed by atoms with Crippen LogP contribution in [0.25, 0.3) is 22.1 Å². The average molecular weight is 799 g/mol. The minimum absolute atomic E-state index is 0.325. The van der Waals surface area contributed by atoms with Gasteiger partial charge >= 0.3 is 8.88 Å². The van der Waals surface area contributed by atoms with Gasteiger partial charge in [-0.1, -0.05) is 12.8 Å². The van der Waals surface area contributed by atoms with Gasteiger partial charge in [0.15, 0.2) is 46.0 Å². The molecule has 0 spiro atoms. The van der Waals surface area contributed by atoms with Crippen molar-refractivity contribution in [1.29, 1.82) is 0 Å². The molecule has 0 radical (unpaired) electrons. The zero-order valence-electron chi connectivity index (χ0n) is 31.6. The highest BCUT2D eigenvalue weighted by molar-refractivity contribution is 6.66. The van der Waals surface area contributed by atoms with Gasteiger partial charge < -0.3 is 8.85 Å². The largest absolute Gasteiger partial charge is 0.603 e. The summed E-state index contributed by atoms with van der Waals surface area (Å²) in [6, 6.07) is 0. The SMILES string of the molecule is c1cnc2c(n1)C1=NC2=Nc2c3nccnc3c3n2[Si](OCC2CC4CCC2C4)(OCC2CC4CCC2C4)n2c(c4nccnc4c2=NC2=NC(=N3)c3nccnc32)=N1. The molecule has 10 bridgehead atoms. The van der Waals surface area contributed by atoms with Gasteiger partial charge in [0, 0.05) is 62.8 Å². The molecule has 6 atom stereocenters. The predicted octanol–water partition coefficient (Wildman–Crippen LogP) is 3.44. The summed E-state index contributed by atoms with van der Waals surface area (Å²) in [4.78, 5) is 70.2. The van der Waals surface area contributed by atoms with Crippen LogP contribution in [0.4, 0.5) is 11.6 Å². The number of amidine groups is 4. The van der Waals surface area contributed by atoms with E-state index in [0.717, 1.165) is 12.8 Å². The highest BCUT2D eigenvalue weighted by atomic mass is 28.4. The summed E-state index contributed by atoms with van der Waals surface area (Å²) in [5.74, 6) is 5.39. The Balaban J connectivity index is 1.17. The Bertz CT molecular complexity index is 2920. The molecule has 4 aliphatic heterocycles. The fraction of sp³-hybridized carbons (Fsp3) is 0.400. The van der Waals surface area contributed by atoms with Crippen LogP contribution in [0.2, 0.25) is 0 Å². The highest BCUT2D eigenvalue weighted by Gasteiger charge is 2.56. The van der Waals surface area contributed by atoms with Gasteiger partial charge in [0.2, 0.25) is 0 Å². The van der Waals surface area contributed by atoms with E-state index in [2.05, 4.69) is 0 Å². The van der Waals surface area contributed by atoms with Crippen molar-refractivity contribution in [1.82, 2.24) is 48.3 Å². The quantitative estimate of drug-likeness (QED) is 0.225. The normalized spacial score (nSPS) is 28.8. The monoisotopic (exact) mass is 798 g/mol. The molecular weight excluding hydrogens is 765 g/mol. The molecule has 290 valence electrons. The van der Waals surface area contributed by atoms with Crippen LogP contribution in [0.3, 0.4) is 0 Å². The zero-order valence-corrected chi connectivity index (χ0v) is 32.6. The number of fused-ring (bicyclic) bond motifs is 18. The molecule has 19 heteroatoms. The topological polar surface area (TPSA) is 206 Å². The van der Waals surface area contributed by atoms with Crippen molar-refractivity contribution >= 4 is 65.9 Å². The first-order chi connectivity index (χ1) is 29.2. The second-order valence-electron chi connectivity index (χ2n) is 17.0. The molecule has 59 heavy (non-hydrogen) atoms. The summed E-state index contributed by atoms with van der Waals surface area (Å²) in [5, 5.41) is 0. The molecule has 0 N–H and O–H groups in total. The van der Waals surface area contributed by atoms with E-state index in [0.29, 0.717) is 140 Å². The van der Waals surface area contributed by atoms with Crippen LogP contribution in [0.1, 0.15) is 74.1 Å². The fourth-order valence-corrected chi connectivity index (χ4v) is 14.7. The third-order valence-electron chi connectivity index (χ3n) is 13.9. The lowest BCUT2D eigenvalue weighted by Gasteiger charge is -2.36. The van der Waals surface area contributed by atoms with Gasteiger partial charge in [0.1, 0.15) is 44.8 Å². The van der Waals surface area contributed by atoms with E-state index in [-0.39, 0.29) is 0 Å². The zero-order chi connectivity index (χ0) is 38.4. The standard InChI is InChI=1S/C40H34N16O2Si/c1-3-21-13-19(1)15-23(21)17-57-59(58-18-24-16-20-2-4-22(24)14-20)55-37-29-30(46-10-9-45-29)39(55)53-35-27-28(44-8-7-43-27)36(50-35)54-40-32-31(47-11-12-48-32)38(56(40)59)52-34-26-25(33(49-34)51-37)41-5-6-42-26/h5-12,19-24H,1-4,13-18H2. The maximum Gasteiger partial charge on any atom is 0.603 e. The van der Waals surface area contributed by atoms with Gasteiger partial charge in [-0.15, -0.1) is 0 Å². The van der Waals surface area contributed by atoms with Gasteiger partial charge in [-0.25, -0.2) is 69.8 Å². The fourth-order valence-electron chi connectivity index (χ4n) is 11.4. The Hall–Kier alpha value is -6.18. The number of aliphatic imine (C=N–C) groups is 4. The molecule has 0 aromatic carbocycles. The number of nitrogens with zero attached hydrogens (tertiary/aromatic N) is 16. The van der Waals surface area contributed by atoms with E-state index in [4.69, 9.17) is 78.7 Å². The first kappa shape index (κ1) is 32.7. The molecular formula is C40H34N16O2Si. The predicted molar refractivity (Wildman–Crippen MR) is 213 cm³/mol. The Morgan fingerprint density at radius 1 is 0.441 bits per heavy atom. The van der Waals surface area contributed by atoms with E-state index in [1.165, 1.54) is 38.5 Å². The Morgan fingerprint density at radius 2 is 0.847 bits per heavy atom. The third kappa shape index (κ3) is 4.57. The lowest BCUT2D eigenvalue weighted by molar-refractivity contribution is 0.0862. The molecule has 6 aromatic heterocycles. The average Bonchev–Trinajstić information content (AvgIpc) is 4.17. The van der Waals surface area contributed by atoms with Crippen molar-refractivity contribution in [2.75, 3.05) is 13.2 Å². The van der Waals surface area contributed by atoms with E-state index in [9.17, 15) is 0 Å². The van der Waals surface area contributed by atoms with Gasteiger partial charge in [-0.05, 0) is 74.0 Å². The molecule has 6 aromatic rings. The Morgan fingerprint density at radius 3 is 1.25 bits per heavy atom. The first-order valence-corrected chi connectivity index (χ1v) is 22.3. The van der Waals surface area contributed by atoms with Gasteiger partial charge in [-0.2, -0.15) is 0 Å². The molecule has 8 aliphatic rings. The van der Waals surface area contributed by atoms with E-state index in [1.807, 2.05) is 8.47 Å². The molecule has 4 fully saturated rings. The van der Waals surface area contributed by atoms with E-state index >= 15 is 0 Å². The number of hydrogen-bond donors (Lipinski definition) is 0. The minimum Gasteiger partial charge on any atom is -0.361 e. The molecule has 10 heterocycles. The van der Waals surface area contributed by atoms with Crippen molar-refractivity contribution in [3.63, 3.8) is 0 Å². The van der Waals surface area contributed by atoms with Crippen LogP contribution in [-0.2, 0) is 8.85 Å². The second kappa shape index (κ2) is 12.0. The maximum atomic E-state index is 7.81. The molecule has 18 nitrogen and oxygen atoms in total. The van der Waals surface area contributed by atoms with Gasteiger partial charge in [-0.3, -0.25) is 8.47 Å². The summed E-state index contributed by atoms with van der Waals surface area (Å²) in [6.45, 7) is 0.905.